The number of halogens is 3. The number of fused-ring (bicyclic) bond motifs is 1. The first-order chi connectivity index (χ1) is 15.3. The molecule has 1 aromatic heterocycles. The van der Waals surface area contributed by atoms with Gasteiger partial charge in [-0.2, -0.15) is 13.2 Å². The minimum Gasteiger partial charge on any atom is -0.496 e. The summed E-state index contributed by atoms with van der Waals surface area (Å²) in [7, 11) is 1.52. The molecule has 0 saturated heterocycles. The molecule has 0 atom stereocenters. The number of benzene rings is 2. The number of carbonyl (C=O) groups is 1. The number of unbranched alkanes of at least 4 members (excludes halogenated alkanes) is 1. The van der Waals surface area contributed by atoms with Gasteiger partial charge in [0.05, 0.1) is 35.2 Å². The summed E-state index contributed by atoms with van der Waals surface area (Å²) in [6.45, 7) is 2.47. The van der Waals surface area contributed by atoms with Gasteiger partial charge in [-0.25, -0.2) is 4.99 Å². The number of aliphatic imine (C=N–C) groups is 1. The Morgan fingerprint density at radius 3 is 2.38 bits per heavy atom. The molecule has 0 saturated carbocycles. The fraction of sp³-hybridized carbons (Fsp3) is 0.250. The Morgan fingerprint density at radius 1 is 1.06 bits per heavy atom. The summed E-state index contributed by atoms with van der Waals surface area (Å²) < 4.78 is 46.0. The van der Waals surface area contributed by atoms with Crippen LogP contribution in [0.5, 0.6) is 11.6 Å². The van der Waals surface area contributed by atoms with Crippen molar-refractivity contribution in [2.24, 2.45) is 4.99 Å². The maximum atomic E-state index is 13.0. The predicted molar refractivity (Wildman–Crippen MR) is 114 cm³/mol. The van der Waals surface area contributed by atoms with Gasteiger partial charge >= 0.3 is 6.18 Å². The van der Waals surface area contributed by atoms with Crippen LogP contribution in [0.25, 0.3) is 11.3 Å². The van der Waals surface area contributed by atoms with E-state index in [2.05, 4.69) is 4.99 Å². The van der Waals surface area contributed by atoms with Crippen molar-refractivity contribution in [3.8, 4) is 22.9 Å². The third-order valence-electron chi connectivity index (χ3n) is 5.48. The zero-order valence-electron chi connectivity index (χ0n) is 17.5. The van der Waals surface area contributed by atoms with Crippen molar-refractivity contribution in [3.63, 3.8) is 0 Å². The van der Waals surface area contributed by atoms with Crippen molar-refractivity contribution in [1.29, 1.82) is 0 Å². The van der Waals surface area contributed by atoms with E-state index in [1.165, 1.54) is 19.2 Å². The van der Waals surface area contributed by atoms with Gasteiger partial charge in [-0.05, 0) is 30.7 Å². The molecule has 0 aliphatic carbocycles. The molecule has 3 aromatic rings. The number of ether oxygens (including phenoxy) is 1. The lowest BCUT2D eigenvalue weighted by Gasteiger charge is -2.14. The first-order valence-corrected chi connectivity index (χ1v) is 10.2. The van der Waals surface area contributed by atoms with Crippen LogP contribution in [-0.4, -0.2) is 28.4 Å². The molecule has 0 spiro atoms. The number of aromatic hydroxyl groups is 1. The van der Waals surface area contributed by atoms with Crippen molar-refractivity contribution >= 4 is 11.6 Å². The van der Waals surface area contributed by atoms with Crippen molar-refractivity contribution in [2.45, 2.75) is 32.5 Å². The van der Waals surface area contributed by atoms with E-state index in [9.17, 15) is 23.1 Å². The molecular weight excluding hydrogens is 421 g/mol. The fourth-order valence-corrected chi connectivity index (χ4v) is 3.93. The van der Waals surface area contributed by atoms with E-state index in [4.69, 9.17) is 4.74 Å². The van der Waals surface area contributed by atoms with E-state index in [-0.39, 0.29) is 22.7 Å². The van der Waals surface area contributed by atoms with Crippen LogP contribution in [0.15, 0.2) is 53.5 Å². The van der Waals surface area contributed by atoms with Crippen LogP contribution < -0.4 is 4.74 Å². The Bertz CT molecular complexity index is 1210. The highest BCUT2D eigenvalue weighted by Crippen LogP contribution is 2.44. The molecule has 1 aliphatic heterocycles. The van der Waals surface area contributed by atoms with Crippen LogP contribution in [0.3, 0.4) is 0 Å². The van der Waals surface area contributed by atoms with Gasteiger partial charge in [0.1, 0.15) is 5.75 Å². The van der Waals surface area contributed by atoms with Gasteiger partial charge in [0.15, 0.2) is 0 Å². The normalized spacial score (nSPS) is 13.3. The Kier molecular flexibility index (Phi) is 5.54. The minimum absolute atomic E-state index is 0.140. The monoisotopic (exact) mass is 442 g/mol. The second-order valence-electron chi connectivity index (χ2n) is 7.47. The number of hydrogen-bond donors (Lipinski definition) is 1. The molecule has 1 N–H and O–H groups in total. The Morgan fingerprint density at radius 2 is 1.75 bits per heavy atom. The van der Waals surface area contributed by atoms with Crippen LogP contribution in [0.4, 0.5) is 13.2 Å². The first kappa shape index (κ1) is 21.7. The topological polar surface area (TPSA) is 63.8 Å². The van der Waals surface area contributed by atoms with Gasteiger partial charge in [0.25, 0.3) is 5.91 Å². The third kappa shape index (κ3) is 3.55. The number of para-hydroxylation sites is 1. The molecule has 0 bridgehead atoms. The number of nitrogens with zero attached hydrogens (tertiary/aromatic N) is 2. The van der Waals surface area contributed by atoms with Crippen molar-refractivity contribution < 1.29 is 27.8 Å². The maximum absolute atomic E-state index is 13.0. The molecular formula is C24H21F3N2O3. The molecule has 32 heavy (non-hydrogen) atoms. The summed E-state index contributed by atoms with van der Waals surface area (Å²) >= 11 is 0. The van der Waals surface area contributed by atoms with Crippen molar-refractivity contribution in [1.82, 2.24) is 4.57 Å². The quantitative estimate of drug-likeness (QED) is 0.534. The summed E-state index contributed by atoms with van der Waals surface area (Å²) in [5.74, 6) is -0.165. The molecule has 2 aromatic carbocycles. The molecule has 2 heterocycles. The highest BCUT2D eigenvalue weighted by atomic mass is 19.4. The largest absolute Gasteiger partial charge is 0.496 e. The number of hydrogen-bond acceptors (Lipinski definition) is 3. The molecule has 8 heteroatoms. The zero-order chi connectivity index (χ0) is 23.0. The number of methoxy groups -OCH3 is 1. The smallest absolute Gasteiger partial charge is 0.416 e. The van der Waals surface area contributed by atoms with E-state index in [0.29, 0.717) is 29.1 Å². The van der Waals surface area contributed by atoms with Gasteiger partial charge in [0, 0.05) is 17.7 Å². The summed E-state index contributed by atoms with van der Waals surface area (Å²) in [6, 6.07) is 11.5. The predicted octanol–water partition coefficient (Wildman–Crippen LogP) is 5.68. The van der Waals surface area contributed by atoms with E-state index < -0.39 is 17.6 Å². The summed E-state index contributed by atoms with van der Waals surface area (Å²) in [5.41, 5.74) is 1.23. The van der Waals surface area contributed by atoms with Crippen molar-refractivity contribution in [2.75, 3.05) is 7.11 Å². The molecule has 0 radical (unpaired) electrons. The standard InChI is InChI=1S/C24H21F3N2O3/c1-3-4-13-29-21(16-7-5-6-8-17(16)32-2)19-18(23(29)31)20(28-22(19)30)14-9-11-15(12-10-14)24(25,26)27/h5-12,31H,3-4,13H2,1-2H3. The molecule has 1 amide bonds. The lowest BCUT2D eigenvalue weighted by atomic mass is 9.99. The Balaban J connectivity index is 1.91. The molecule has 166 valence electrons. The number of rotatable bonds is 6. The van der Waals surface area contributed by atoms with E-state index in [1.54, 1.807) is 28.8 Å². The zero-order valence-corrected chi connectivity index (χ0v) is 17.5. The fourth-order valence-electron chi connectivity index (χ4n) is 3.93. The molecule has 0 fully saturated rings. The van der Waals surface area contributed by atoms with E-state index in [1.807, 2.05) is 6.92 Å². The van der Waals surface area contributed by atoms with Gasteiger partial charge in [-0.3, -0.25) is 4.79 Å². The van der Waals surface area contributed by atoms with Gasteiger partial charge in [-0.15, -0.1) is 0 Å². The molecule has 1 aliphatic rings. The van der Waals surface area contributed by atoms with Crippen LogP contribution in [0, 0.1) is 0 Å². The average Bonchev–Trinajstić information content (AvgIpc) is 3.26. The second-order valence-corrected chi connectivity index (χ2v) is 7.47. The maximum Gasteiger partial charge on any atom is 0.416 e. The molecule has 5 nitrogen and oxygen atoms in total. The van der Waals surface area contributed by atoms with Gasteiger partial charge < -0.3 is 14.4 Å². The van der Waals surface area contributed by atoms with Crippen LogP contribution in [0.1, 0.15) is 46.8 Å². The number of alkyl halides is 3. The van der Waals surface area contributed by atoms with Crippen LogP contribution >= 0.6 is 0 Å². The van der Waals surface area contributed by atoms with Gasteiger partial charge in [0.2, 0.25) is 5.88 Å². The Labute approximate surface area is 182 Å². The highest BCUT2D eigenvalue weighted by Gasteiger charge is 2.37. The third-order valence-corrected chi connectivity index (χ3v) is 5.48. The first-order valence-electron chi connectivity index (χ1n) is 10.2. The molecule has 4 rings (SSSR count). The second kappa shape index (κ2) is 8.18. The van der Waals surface area contributed by atoms with E-state index in [0.717, 1.165) is 25.0 Å². The van der Waals surface area contributed by atoms with Crippen molar-refractivity contribution in [3.05, 3.63) is 70.8 Å². The SMILES string of the molecule is CCCCn1c(O)c2c(c1-c1ccccc1OC)C(=O)N=C2c1ccc(C(F)(F)F)cc1. The summed E-state index contributed by atoms with van der Waals surface area (Å²) in [5, 5.41) is 11.1. The Hall–Kier alpha value is -3.55. The number of aromatic nitrogens is 1. The number of amides is 1. The minimum atomic E-state index is -4.47. The van der Waals surface area contributed by atoms with Crippen LogP contribution in [-0.2, 0) is 12.7 Å². The highest BCUT2D eigenvalue weighted by molar-refractivity contribution is 6.30. The van der Waals surface area contributed by atoms with E-state index >= 15 is 0 Å². The molecule has 0 unspecified atom stereocenters. The average molecular weight is 442 g/mol. The van der Waals surface area contributed by atoms with Gasteiger partial charge in [-0.1, -0.05) is 37.6 Å². The number of carbonyl (C=O) groups excluding carboxylic acids is 1. The summed E-state index contributed by atoms with van der Waals surface area (Å²) in [6.07, 6.45) is -2.86. The lowest BCUT2D eigenvalue weighted by molar-refractivity contribution is -0.137. The van der Waals surface area contributed by atoms with Crippen LogP contribution in [0.2, 0.25) is 0 Å². The summed E-state index contributed by atoms with van der Waals surface area (Å²) in [4.78, 5) is 17.1. The lowest BCUT2D eigenvalue weighted by Crippen LogP contribution is -2.07.